The molecular weight excluding hydrogens is 450 g/mol. The Morgan fingerprint density at radius 3 is 2.70 bits per heavy atom. The molecule has 0 fully saturated rings. The number of halogens is 1. The van der Waals surface area contributed by atoms with Crippen LogP contribution in [0.3, 0.4) is 0 Å². The number of nitrogen functional groups attached to an aromatic ring is 1. The van der Waals surface area contributed by atoms with Gasteiger partial charge < -0.3 is 10.6 Å². The van der Waals surface area contributed by atoms with E-state index in [-0.39, 0.29) is 17.3 Å². The van der Waals surface area contributed by atoms with Crippen LogP contribution in [0.2, 0.25) is 5.15 Å². The van der Waals surface area contributed by atoms with Gasteiger partial charge in [-0.3, -0.25) is 4.79 Å². The molecule has 0 bridgehead atoms. The van der Waals surface area contributed by atoms with Crippen molar-refractivity contribution in [2.24, 2.45) is 5.10 Å². The number of para-hydroxylation sites is 1. The summed E-state index contributed by atoms with van der Waals surface area (Å²) in [6.45, 7) is 2.12. The monoisotopic (exact) mass is 469 g/mol. The molecule has 33 heavy (non-hydrogen) atoms. The van der Waals surface area contributed by atoms with E-state index >= 15 is 0 Å². The van der Waals surface area contributed by atoms with E-state index in [0.717, 1.165) is 5.69 Å². The molecule has 0 aliphatic carbocycles. The molecule has 0 spiro atoms. The van der Waals surface area contributed by atoms with Gasteiger partial charge in [0, 0.05) is 6.54 Å². The van der Waals surface area contributed by atoms with Crippen molar-refractivity contribution in [3.63, 3.8) is 0 Å². The predicted molar refractivity (Wildman–Crippen MR) is 119 cm³/mol. The molecule has 0 unspecified atom stereocenters. The molecule has 4 rings (SSSR count). The van der Waals surface area contributed by atoms with Gasteiger partial charge in [-0.15, -0.1) is 5.10 Å². The smallest absolute Gasteiger partial charge is 0.293 e. The van der Waals surface area contributed by atoms with Crippen molar-refractivity contribution in [1.29, 1.82) is 0 Å². The number of hydrazone groups is 1. The fourth-order valence-electron chi connectivity index (χ4n) is 3.03. The zero-order chi connectivity index (χ0) is 23.5. The summed E-state index contributed by atoms with van der Waals surface area (Å²) in [6, 6.07) is 9.44. The van der Waals surface area contributed by atoms with Gasteiger partial charge in [0.2, 0.25) is 11.6 Å². The Hall–Kier alpha value is -4.10. The van der Waals surface area contributed by atoms with E-state index in [9.17, 15) is 4.79 Å². The van der Waals surface area contributed by atoms with Crippen molar-refractivity contribution >= 4 is 29.5 Å². The van der Waals surface area contributed by atoms with Gasteiger partial charge in [0.15, 0.2) is 5.69 Å². The molecule has 0 saturated carbocycles. The largest absolute Gasteiger partial charge is 0.378 e. The molecule has 14 heteroatoms. The maximum atomic E-state index is 12.8. The number of nitrogens with zero attached hydrogens (tertiary/aromatic N) is 9. The van der Waals surface area contributed by atoms with Gasteiger partial charge in [-0.2, -0.15) is 14.9 Å². The zero-order valence-corrected chi connectivity index (χ0v) is 18.7. The summed E-state index contributed by atoms with van der Waals surface area (Å²) < 4.78 is 7.52. The minimum atomic E-state index is -0.575. The van der Waals surface area contributed by atoms with Crippen LogP contribution in [-0.2, 0) is 6.54 Å². The first kappa shape index (κ1) is 22.1. The molecule has 1 aromatic carbocycles. The molecule has 0 radical (unpaired) electrons. The maximum absolute atomic E-state index is 12.8. The molecule has 0 atom stereocenters. The molecule has 0 saturated heterocycles. The summed E-state index contributed by atoms with van der Waals surface area (Å²) in [7, 11) is 3.66. The summed E-state index contributed by atoms with van der Waals surface area (Å²) in [5, 5.41) is 24.0. The number of rotatable bonds is 7. The van der Waals surface area contributed by atoms with Crippen molar-refractivity contribution in [1.82, 2.24) is 45.4 Å². The van der Waals surface area contributed by atoms with Crippen LogP contribution >= 0.6 is 11.6 Å². The van der Waals surface area contributed by atoms with Crippen molar-refractivity contribution in [2.45, 2.75) is 13.5 Å². The fraction of sp³-hybridized carbons (Fsp3) is 0.211. The Labute approximate surface area is 192 Å². The minimum Gasteiger partial charge on any atom is -0.378 e. The number of nitrogens with two attached hydrogens (primary N) is 1. The number of carbonyl (C=O) groups excluding carboxylic acids is 1. The molecule has 3 N–H and O–H groups in total. The summed E-state index contributed by atoms with van der Waals surface area (Å²) >= 11 is 6.49. The van der Waals surface area contributed by atoms with E-state index < -0.39 is 5.91 Å². The van der Waals surface area contributed by atoms with Crippen LogP contribution in [0, 0.1) is 6.92 Å². The summed E-state index contributed by atoms with van der Waals surface area (Å²) in [5.74, 6) is -0.420. The first-order valence-corrected chi connectivity index (χ1v) is 10.1. The number of amides is 1. The van der Waals surface area contributed by atoms with Crippen molar-refractivity contribution in [2.75, 3.05) is 19.8 Å². The van der Waals surface area contributed by atoms with Crippen LogP contribution in [-0.4, -0.2) is 66.2 Å². The van der Waals surface area contributed by atoms with Crippen LogP contribution in [0.15, 0.2) is 40.1 Å². The standard InChI is InChI=1S/C19H20ClN11O2/c1-11-13(16(20)30(25-11)12-7-5-4-6-8-12)9-22-24-19(32)15-14(10-29(2)3)31(28-23-15)18-17(21)26-33-27-18/h4-9H,10H2,1-3H3,(H2,21,26)(H,24,32)/b22-9-. The molecule has 0 aliphatic rings. The third-order valence-electron chi connectivity index (χ3n) is 4.55. The lowest BCUT2D eigenvalue weighted by molar-refractivity contribution is 0.0948. The van der Waals surface area contributed by atoms with Crippen LogP contribution in [0.5, 0.6) is 0 Å². The van der Waals surface area contributed by atoms with Gasteiger partial charge in [0.25, 0.3) is 5.91 Å². The second-order valence-corrected chi connectivity index (χ2v) is 7.60. The SMILES string of the molecule is Cc1nn(-c2ccccc2)c(Cl)c1/C=N\NC(=O)c1nnn(-c2nonc2N)c1CN(C)C. The highest BCUT2D eigenvalue weighted by atomic mass is 35.5. The Morgan fingerprint density at radius 1 is 1.27 bits per heavy atom. The van der Waals surface area contributed by atoms with Crippen molar-refractivity contribution < 1.29 is 9.42 Å². The molecule has 3 aromatic heterocycles. The van der Waals surface area contributed by atoms with Gasteiger partial charge >= 0.3 is 0 Å². The number of carbonyl (C=O) groups is 1. The molecule has 4 aromatic rings. The Morgan fingerprint density at radius 2 is 2.03 bits per heavy atom. The van der Waals surface area contributed by atoms with E-state index in [1.807, 2.05) is 49.3 Å². The average Bonchev–Trinajstić information content (AvgIpc) is 3.47. The van der Waals surface area contributed by atoms with Crippen LogP contribution < -0.4 is 11.2 Å². The second-order valence-electron chi connectivity index (χ2n) is 7.24. The topological polar surface area (TPSA) is 158 Å². The number of nitrogens with one attached hydrogen (secondary N) is 1. The first-order chi connectivity index (χ1) is 15.9. The lowest BCUT2D eigenvalue weighted by Crippen LogP contribution is -2.23. The molecule has 3 heterocycles. The number of hydrogen-bond donors (Lipinski definition) is 2. The summed E-state index contributed by atoms with van der Waals surface area (Å²) in [4.78, 5) is 14.6. The van der Waals surface area contributed by atoms with Gasteiger partial charge in [-0.1, -0.05) is 35.0 Å². The Kier molecular flexibility index (Phi) is 6.15. The number of aryl methyl sites for hydroxylation is 1. The highest BCUT2D eigenvalue weighted by Crippen LogP contribution is 2.22. The number of aromatic nitrogens is 7. The summed E-state index contributed by atoms with van der Waals surface area (Å²) in [5.41, 5.74) is 10.7. The normalized spacial score (nSPS) is 11.5. The third-order valence-corrected chi connectivity index (χ3v) is 4.91. The van der Waals surface area contributed by atoms with E-state index in [1.54, 1.807) is 11.6 Å². The Balaban J connectivity index is 1.57. The van der Waals surface area contributed by atoms with E-state index in [2.05, 4.69) is 40.9 Å². The predicted octanol–water partition coefficient (Wildman–Crippen LogP) is 1.21. The van der Waals surface area contributed by atoms with Crippen LogP contribution in [0.4, 0.5) is 5.82 Å². The molecular formula is C19H20ClN11O2. The number of hydrogen-bond acceptors (Lipinski definition) is 10. The molecule has 170 valence electrons. The van der Waals surface area contributed by atoms with Gasteiger partial charge in [0.1, 0.15) is 5.15 Å². The lowest BCUT2D eigenvalue weighted by atomic mass is 10.3. The van der Waals surface area contributed by atoms with E-state index in [1.165, 1.54) is 10.9 Å². The lowest BCUT2D eigenvalue weighted by Gasteiger charge is -2.11. The van der Waals surface area contributed by atoms with Crippen molar-refractivity contribution in [3.05, 3.63) is 58.1 Å². The van der Waals surface area contributed by atoms with Gasteiger partial charge in [-0.05, 0) is 43.5 Å². The highest BCUT2D eigenvalue weighted by Gasteiger charge is 2.24. The zero-order valence-electron chi connectivity index (χ0n) is 18.0. The first-order valence-electron chi connectivity index (χ1n) is 9.68. The maximum Gasteiger partial charge on any atom is 0.293 e. The molecule has 1 amide bonds. The second kappa shape index (κ2) is 9.18. The minimum absolute atomic E-state index is 0.0189. The third kappa shape index (κ3) is 4.44. The number of anilines is 1. The fourth-order valence-corrected chi connectivity index (χ4v) is 3.35. The van der Waals surface area contributed by atoms with Gasteiger partial charge in [-0.25, -0.2) is 14.7 Å². The van der Waals surface area contributed by atoms with Crippen molar-refractivity contribution in [3.8, 4) is 11.5 Å². The average molecular weight is 470 g/mol. The van der Waals surface area contributed by atoms with Gasteiger partial charge in [0.05, 0.1) is 28.9 Å². The molecule has 0 aliphatic heterocycles. The number of benzene rings is 1. The van der Waals surface area contributed by atoms with Crippen LogP contribution in [0.1, 0.15) is 27.4 Å². The van der Waals surface area contributed by atoms with Crippen LogP contribution in [0.25, 0.3) is 11.5 Å². The Bertz CT molecular complexity index is 1310. The quantitative estimate of drug-likeness (QED) is 0.299. The highest BCUT2D eigenvalue weighted by molar-refractivity contribution is 6.32. The molecule has 13 nitrogen and oxygen atoms in total. The summed E-state index contributed by atoms with van der Waals surface area (Å²) in [6.07, 6.45) is 1.43. The van der Waals surface area contributed by atoms with E-state index in [4.69, 9.17) is 17.3 Å². The van der Waals surface area contributed by atoms with E-state index in [0.29, 0.717) is 28.6 Å².